The van der Waals surface area contributed by atoms with E-state index in [1.165, 1.54) is 7.11 Å². The third-order valence-electron chi connectivity index (χ3n) is 11.2. The molecule has 0 unspecified atom stereocenters. The second-order valence-corrected chi connectivity index (χ2v) is 17.8. The summed E-state index contributed by atoms with van der Waals surface area (Å²) in [5.74, 6) is 0.919. The number of nitrogens with zero attached hydrogens (tertiary/aromatic N) is 6. The van der Waals surface area contributed by atoms with Crippen molar-refractivity contribution in [3.05, 3.63) is 172 Å². The van der Waals surface area contributed by atoms with E-state index in [1.54, 1.807) is 25.6 Å². The number of benzene rings is 5. The molecule has 14 nitrogen and oxygen atoms in total. The van der Waals surface area contributed by atoms with Crippen molar-refractivity contribution >= 4 is 50.6 Å². The Bertz CT molecular complexity index is 2920. The maximum Gasteiger partial charge on any atom is 0.408 e. The van der Waals surface area contributed by atoms with Crippen molar-refractivity contribution in [1.82, 2.24) is 35.1 Å². The standard InChI is InChI=1S/C52H51BrN8O6/c1-6-7-27-43-56-48(54-31-38(62)32-55-50(64)67-51(2,3)4)45(49(63)65-5)60(43)33-34-28-29-42-41(30-34)44(53)46(66-42)39-25-17-18-26-40(39)47-57-59-61(58-47)52(35-19-11-8-12-20-35,36-21-13-9-14-22-36)37-23-15-10-16-24-37/h8-26,28-30,54H,6-7,27,31-33H2,1-5H3,(H,55,64). The molecule has 8 aromatic rings. The minimum atomic E-state index is -0.950. The Morgan fingerprint density at radius 2 is 1.40 bits per heavy atom. The van der Waals surface area contributed by atoms with Crippen LogP contribution in [0.15, 0.2) is 142 Å². The van der Waals surface area contributed by atoms with Crippen molar-refractivity contribution in [2.24, 2.45) is 0 Å². The van der Waals surface area contributed by atoms with Crippen LogP contribution < -0.4 is 10.6 Å². The zero-order valence-corrected chi connectivity index (χ0v) is 39.5. The maximum absolute atomic E-state index is 13.5. The van der Waals surface area contributed by atoms with Crippen LogP contribution in [0.25, 0.3) is 33.7 Å². The Morgan fingerprint density at radius 3 is 2.00 bits per heavy atom. The number of Topliss-reactive ketones (excluding diaryl/α,β-unsaturated/α-hetero) is 1. The van der Waals surface area contributed by atoms with Gasteiger partial charge in [0.1, 0.15) is 22.8 Å². The number of ether oxygens (including phenoxy) is 2. The van der Waals surface area contributed by atoms with Gasteiger partial charge in [0, 0.05) is 29.5 Å². The molecule has 3 heterocycles. The molecule has 0 saturated carbocycles. The minimum Gasteiger partial charge on any atom is -0.464 e. The van der Waals surface area contributed by atoms with Crippen LogP contribution in [0.1, 0.15) is 79.1 Å². The van der Waals surface area contributed by atoms with E-state index in [0.717, 1.165) is 56.1 Å². The molecule has 0 fully saturated rings. The fourth-order valence-electron chi connectivity index (χ4n) is 8.15. The molecule has 8 rings (SSSR count). The van der Waals surface area contributed by atoms with Crippen LogP contribution in [-0.2, 0) is 32.8 Å². The highest BCUT2D eigenvalue weighted by Crippen LogP contribution is 2.43. The predicted molar refractivity (Wildman–Crippen MR) is 260 cm³/mol. The Hall–Kier alpha value is -7.39. The van der Waals surface area contributed by atoms with Gasteiger partial charge in [-0.05, 0) is 82.7 Å². The van der Waals surface area contributed by atoms with Crippen LogP contribution in [-0.4, -0.2) is 73.4 Å². The summed E-state index contributed by atoms with van der Waals surface area (Å²) in [7, 11) is 1.31. The molecule has 0 radical (unpaired) electrons. The number of carbonyl (C=O) groups excluding carboxylic acids is 3. The molecule has 67 heavy (non-hydrogen) atoms. The van der Waals surface area contributed by atoms with Gasteiger partial charge in [-0.15, -0.1) is 15.0 Å². The Morgan fingerprint density at radius 1 is 0.791 bits per heavy atom. The van der Waals surface area contributed by atoms with Crippen molar-refractivity contribution in [3.63, 3.8) is 0 Å². The number of carbonyl (C=O) groups is 3. The summed E-state index contributed by atoms with van der Waals surface area (Å²) in [6.07, 6.45) is 1.60. The number of methoxy groups -OCH3 is 1. The van der Waals surface area contributed by atoms with E-state index >= 15 is 0 Å². The van der Waals surface area contributed by atoms with Crippen molar-refractivity contribution in [1.29, 1.82) is 0 Å². The number of ketones is 1. The maximum atomic E-state index is 13.5. The minimum absolute atomic E-state index is 0.179. The van der Waals surface area contributed by atoms with Gasteiger partial charge < -0.3 is 29.1 Å². The number of nitrogens with one attached hydrogen (secondary N) is 2. The third-order valence-corrected chi connectivity index (χ3v) is 12.0. The number of aromatic nitrogens is 6. The average Bonchev–Trinajstić information content (AvgIpc) is 4.06. The summed E-state index contributed by atoms with van der Waals surface area (Å²) in [6.45, 7) is 7.11. The molecule has 0 bridgehead atoms. The van der Waals surface area contributed by atoms with Gasteiger partial charge in [-0.25, -0.2) is 14.6 Å². The zero-order valence-electron chi connectivity index (χ0n) is 38.0. The number of imidazole rings is 1. The largest absolute Gasteiger partial charge is 0.464 e. The van der Waals surface area contributed by atoms with E-state index in [2.05, 4.69) is 69.9 Å². The van der Waals surface area contributed by atoms with E-state index in [-0.39, 0.29) is 36.9 Å². The number of hydrogen-bond donors (Lipinski definition) is 2. The number of esters is 1. The van der Waals surface area contributed by atoms with Gasteiger partial charge in [0.15, 0.2) is 22.8 Å². The number of anilines is 1. The predicted octanol–water partition coefficient (Wildman–Crippen LogP) is 10.2. The van der Waals surface area contributed by atoms with Crippen LogP contribution in [0.5, 0.6) is 0 Å². The van der Waals surface area contributed by atoms with Crippen LogP contribution >= 0.6 is 15.9 Å². The van der Waals surface area contributed by atoms with Gasteiger partial charge in [0.2, 0.25) is 5.82 Å². The second-order valence-electron chi connectivity index (χ2n) is 17.0. The first-order valence-corrected chi connectivity index (χ1v) is 22.9. The van der Waals surface area contributed by atoms with Crippen LogP contribution in [0.3, 0.4) is 0 Å². The average molecular weight is 964 g/mol. The number of amides is 1. The number of furan rings is 1. The molecule has 0 atom stereocenters. The summed E-state index contributed by atoms with van der Waals surface area (Å²) in [5.41, 5.74) is 4.42. The van der Waals surface area contributed by atoms with Gasteiger partial charge in [0.25, 0.3) is 0 Å². The molecule has 2 N–H and O–H groups in total. The molecule has 342 valence electrons. The lowest BCUT2D eigenvalue weighted by atomic mass is 9.77. The molecule has 3 aromatic heterocycles. The number of halogens is 1. The Balaban J connectivity index is 1.13. The highest BCUT2D eigenvalue weighted by molar-refractivity contribution is 9.10. The van der Waals surface area contributed by atoms with Crippen molar-refractivity contribution in [2.75, 3.05) is 25.5 Å². The zero-order chi connectivity index (χ0) is 47.1. The number of tetrazole rings is 1. The number of alkyl carbamates (subject to hydrolysis) is 1. The lowest BCUT2D eigenvalue weighted by molar-refractivity contribution is -0.116. The third kappa shape index (κ3) is 9.78. The second kappa shape index (κ2) is 20.0. The Labute approximate surface area is 396 Å². The highest BCUT2D eigenvalue weighted by atomic mass is 79.9. The molecule has 0 aliphatic heterocycles. The molecule has 0 spiro atoms. The summed E-state index contributed by atoms with van der Waals surface area (Å²) < 4.78 is 19.6. The molecular weight excluding hydrogens is 913 g/mol. The van der Waals surface area contributed by atoms with Gasteiger partial charge in [-0.3, -0.25) is 4.79 Å². The van der Waals surface area contributed by atoms with E-state index in [9.17, 15) is 14.4 Å². The van der Waals surface area contributed by atoms with Crippen LogP contribution in [0, 0.1) is 0 Å². The monoisotopic (exact) mass is 962 g/mol. The van der Waals surface area contributed by atoms with E-state index < -0.39 is 23.2 Å². The normalized spacial score (nSPS) is 11.7. The van der Waals surface area contributed by atoms with Crippen molar-refractivity contribution in [3.8, 4) is 22.7 Å². The Kier molecular flexibility index (Phi) is 13.8. The fourth-order valence-corrected chi connectivity index (χ4v) is 8.75. The fraction of sp³-hybridized carbons (Fsp3) is 0.250. The molecule has 15 heteroatoms. The smallest absolute Gasteiger partial charge is 0.408 e. The van der Waals surface area contributed by atoms with Gasteiger partial charge >= 0.3 is 12.1 Å². The number of hydrogen-bond acceptors (Lipinski definition) is 11. The number of unbranched alkanes of at least 4 members (excludes halogenated alkanes) is 1. The molecule has 0 aliphatic carbocycles. The lowest BCUT2D eigenvalue weighted by Gasteiger charge is -2.34. The first-order chi connectivity index (χ1) is 32.4. The van der Waals surface area contributed by atoms with Gasteiger partial charge in [0.05, 0.1) is 24.7 Å². The highest BCUT2D eigenvalue weighted by Gasteiger charge is 2.41. The first kappa shape index (κ1) is 46.2. The number of fused-ring (bicyclic) bond motifs is 1. The van der Waals surface area contributed by atoms with Crippen molar-refractivity contribution < 1.29 is 28.3 Å². The number of aryl methyl sites for hydroxylation is 1. The quantitative estimate of drug-likeness (QED) is 0.0658. The summed E-state index contributed by atoms with van der Waals surface area (Å²) in [4.78, 5) is 45.0. The molecule has 1 amide bonds. The van der Waals surface area contributed by atoms with Crippen molar-refractivity contribution in [2.45, 2.75) is 64.6 Å². The summed E-state index contributed by atoms with van der Waals surface area (Å²) >= 11 is 3.89. The summed E-state index contributed by atoms with van der Waals surface area (Å²) in [5, 5.41) is 21.0. The molecule has 5 aromatic carbocycles. The van der Waals surface area contributed by atoms with Gasteiger partial charge in [-0.1, -0.05) is 135 Å². The summed E-state index contributed by atoms with van der Waals surface area (Å²) in [6, 6.07) is 44.3. The number of rotatable bonds is 17. The first-order valence-electron chi connectivity index (χ1n) is 22.1. The van der Waals surface area contributed by atoms with E-state index in [0.29, 0.717) is 29.4 Å². The van der Waals surface area contributed by atoms with Crippen LogP contribution in [0.2, 0.25) is 0 Å². The molecular formula is C52H51BrN8O6. The van der Waals surface area contributed by atoms with Gasteiger partial charge in [-0.2, -0.15) is 0 Å². The molecule has 0 saturated heterocycles. The van der Waals surface area contributed by atoms with E-state index in [1.807, 2.05) is 102 Å². The lowest BCUT2D eigenvalue weighted by Crippen LogP contribution is -2.39. The van der Waals surface area contributed by atoms with Crippen LogP contribution in [0.4, 0.5) is 10.6 Å². The van der Waals surface area contributed by atoms with E-state index in [4.69, 9.17) is 34.3 Å². The SMILES string of the molecule is CCCCc1nc(NCC(=O)CNC(=O)OC(C)(C)C)c(C(=O)OC)n1Cc1ccc2oc(-c3ccccc3-c3nnn(C(c4ccccc4)(c4ccccc4)c4ccccc4)n3)c(Br)c2c1. The topological polar surface area (TPSA) is 168 Å². The molecule has 0 aliphatic rings.